The molecule has 0 saturated carbocycles. The first-order chi connectivity index (χ1) is 13.8. The monoisotopic (exact) mass is 372 g/mol. The Kier molecular flexibility index (Phi) is 4.41. The molecule has 1 aliphatic rings. The third-order valence-corrected chi connectivity index (χ3v) is 5.52. The SMILES string of the molecule is CCc1nnc2c(N3CCN(Cc4ccccc4)CC3)nc3ccccc3n12. The topological polar surface area (TPSA) is 49.6 Å². The van der Waals surface area contributed by atoms with Gasteiger partial charge in [-0.1, -0.05) is 49.4 Å². The Balaban J connectivity index is 1.44. The summed E-state index contributed by atoms with van der Waals surface area (Å²) in [6.45, 7) is 7.05. The van der Waals surface area contributed by atoms with Crippen LogP contribution in [0.2, 0.25) is 0 Å². The fourth-order valence-corrected chi connectivity index (χ4v) is 4.03. The van der Waals surface area contributed by atoms with Gasteiger partial charge in [0.25, 0.3) is 0 Å². The molecule has 0 atom stereocenters. The number of rotatable bonds is 4. The third-order valence-electron chi connectivity index (χ3n) is 5.52. The molecule has 28 heavy (non-hydrogen) atoms. The predicted octanol–water partition coefficient (Wildman–Crippen LogP) is 3.16. The van der Waals surface area contributed by atoms with Crippen molar-refractivity contribution >= 4 is 22.5 Å². The Morgan fingerprint density at radius 2 is 1.61 bits per heavy atom. The second-order valence-electron chi connectivity index (χ2n) is 7.30. The van der Waals surface area contributed by atoms with Crippen molar-refractivity contribution in [2.24, 2.45) is 0 Å². The van der Waals surface area contributed by atoms with Crippen LogP contribution in [-0.2, 0) is 13.0 Å². The second-order valence-corrected chi connectivity index (χ2v) is 7.30. The van der Waals surface area contributed by atoms with E-state index in [2.05, 4.69) is 73.8 Å². The van der Waals surface area contributed by atoms with Gasteiger partial charge >= 0.3 is 0 Å². The number of hydrogen-bond acceptors (Lipinski definition) is 5. The summed E-state index contributed by atoms with van der Waals surface area (Å²) in [7, 11) is 0. The summed E-state index contributed by atoms with van der Waals surface area (Å²) in [6, 6.07) is 18.9. The molecule has 6 nitrogen and oxygen atoms in total. The summed E-state index contributed by atoms with van der Waals surface area (Å²) in [5, 5.41) is 8.92. The van der Waals surface area contributed by atoms with Crippen LogP contribution in [0.25, 0.3) is 16.7 Å². The molecule has 0 unspecified atom stereocenters. The lowest BCUT2D eigenvalue weighted by Gasteiger charge is -2.35. The summed E-state index contributed by atoms with van der Waals surface area (Å²) < 4.78 is 2.17. The van der Waals surface area contributed by atoms with Crippen molar-refractivity contribution in [1.29, 1.82) is 0 Å². The molecular formula is C22H24N6. The Morgan fingerprint density at radius 3 is 2.39 bits per heavy atom. The maximum Gasteiger partial charge on any atom is 0.204 e. The van der Waals surface area contributed by atoms with Crippen molar-refractivity contribution in [3.63, 3.8) is 0 Å². The molecule has 0 radical (unpaired) electrons. The summed E-state index contributed by atoms with van der Waals surface area (Å²) >= 11 is 0. The van der Waals surface area contributed by atoms with E-state index in [9.17, 15) is 0 Å². The summed E-state index contributed by atoms with van der Waals surface area (Å²) in [6.07, 6.45) is 0.847. The number of fused-ring (bicyclic) bond motifs is 3. The number of anilines is 1. The van der Waals surface area contributed by atoms with Gasteiger partial charge in [-0.2, -0.15) is 0 Å². The number of aromatic nitrogens is 4. The molecule has 6 heteroatoms. The number of nitrogens with zero attached hydrogens (tertiary/aromatic N) is 6. The normalized spacial score (nSPS) is 15.5. The number of para-hydroxylation sites is 2. The Labute approximate surface area is 164 Å². The lowest BCUT2D eigenvalue weighted by molar-refractivity contribution is 0.249. The van der Waals surface area contributed by atoms with Crippen LogP contribution in [0.5, 0.6) is 0 Å². The van der Waals surface area contributed by atoms with E-state index < -0.39 is 0 Å². The Hall–Kier alpha value is -2.99. The molecule has 0 spiro atoms. The highest BCUT2D eigenvalue weighted by Crippen LogP contribution is 2.25. The van der Waals surface area contributed by atoms with Gasteiger partial charge in [-0.15, -0.1) is 10.2 Å². The van der Waals surface area contributed by atoms with E-state index in [1.165, 1.54) is 5.56 Å². The Bertz CT molecular complexity index is 1100. The highest BCUT2D eigenvalue weighted by Gasteiger charge is 2.23. The van der Waals surface area contributed by atoms with Crippen LogP contribution in [0, 0.1) is 0 Å². The van der Waals surface area contributed by atoms with Crippen LogP contribution in [0.3, 0.4) is 0 Å². The number of aryl methyl sites for hydroxylation is 1. The summed E-state index contributed by atoms with van der Waals surface area (Å²) in [4.78, 5) is 9.83. The average Bonchev–Trinajstić information content (AvgIpc) is 3.19. The fraction of sp³-hybridized carbons (Fsp3) is 0.318. The van der Waals surface area contributed by atoms with Gasteiger partial charge in [0, 0.05) is 39.1 Å². The lowest BCUT2D eigenvalue weighted by atomic mass is 10.2. The van der Waals surface area contributed by atoms with Gasteiger partial charge in [0.15, 0.2) is 5.82 Å². The maximum atomic E-state index is 4.97. The van der Waals surface area contributed by atoms with Gasteiger partial charge in [0.2, 0.25) is 5.65 Å². The molecule has 4 aromatic rings. The molecule has 1 aliphatic heterocycles. The molecule has 1 saturated heterocycles. The molecular weight excluding hydrogens is 348 g/mol. The van der Waals surface area contributed by atoms with Crippen molar-refractivity contribution < 1.29 is 0 Å². The molecule has 0 bridgehead atoms. The van der Waals surface area contributed by atoms with Crippen LogP contribution in [0.4, 0.5) is 5.82 Å². The van der Waals surface area contributed by atoms with E-state index in [1.54, 1.807) is 0 Å². The number of hydrogen-bond donors (Lipinski definition) is 0. The minimum atomic E-state index is 0.847. The molecule has 0 amide bonds. The smallest absolute Gasteiger partial charge is 0.204 e. The zero-order valence-corrected chi connectivity index (χ0v) is 16.1. The van der Waals surface area contributed by atoms with Gasteiger partial charge in [-0.3, -0.25) is 9.30 Å². The van der Waals surface area contributed by atoms with E-state index in [-0.39, 0.29) is 0 Å². The van der Waals surface area contributed by atoms with Crippen LogP contribution in [-0.4, -0.2) is 50.7 Å². The highest BCUT2D eigenvalue weighted by molar-refractivity contribution is 5.83. The van der Waals surface area contributed by atoms with E-state index in [4.69, 9.17) is 4.98 Å². The molecule has 2 aromatic carbocycles. The molecule has 2 aromatic heterocycles. The lowest BCUT2D eigenvalue weighted by Crippen LogP contribution is -2.46. The average molecular weight is 372 g/mol. The van der Waals surface area contributed by atoms with E-state index >= 15 is 0 Å². The van der Waals surface area contributed by atoms with Crippen LogP contribution in [0.15, 0.2) is 54.6 Å². The summed E-state index contributed by atoms with van der Waals surface area (Å²) in [5.74, 6) is 1.93. The van der Waals surface area contributed by atoms with E-state index in [0.717, 1.165) is 67.5 Å². The predicted molar refractivity (Wildman–Crippen MR) is 112 cm³/mol. The van der Waals surface area contributed by atoms with E-state index in [0.29, 0.717) is 0 Å². The minimum Gasteiger partial charge on any atom is -0.351 e. The first-order valence-electron chi connectivity index (χ1n) is 9.97. The molecule has 0 aliphatic carbocycles. The quantitative estimate of drug-likeness (QED) is 0.551. The van der Waals surface area contributed by atoms with Crippen LogP contribution < -0.4 is 4.90 Å². The fourth-order valence-electron chi connectivity index (χ4n) is 4.03. The molecule has 142 valence electrons. The van der Waals surface area contributed by atoms with Gasteiger partial charge in [0.05, 0.1) is 11.0 Å². The molecule has 3 heterocycles. The van der Waals surface area contributed by atoms with Crippen LogP contribution in [0.1, 0.15) is 18.3 Å². The zero-order valence-electron chi connectivity index (χ0n) is 16.1. The maximum absolute atomic E-state index is 4.97. The molecule has 5 rings (SSSR count). The van der Waals surface area contributed by atoms with Crippen molar-refractivity contribution in [3.8, 4) is 0 Å². The molecule has 1 fully saturated rings. The van der Waals surface area contributed by atoms with E-state index in [1.807, 2.05) is 12.1 Å². The first-order valence-corrected chi connectivity index (χ1v) is 9.97. The third kappa shape index (κ3) is 2.99. The van der Waals surface area contributed by atoms with Gasteiger partial charge < -0.3 is 4.90 Å². The zero-order chi connectivity index (χ0) is 18.9. The standard InChI is InChI=1S/C22H24N6/c1-2-20-24-25-22-21(23-18-10-6-7-11-19(18)28(20)22)27-14-12-26(13-15-27)16-17-8-4-3-5-9-17/h3-11H,2,12-16H2,1H3. The van der Waals surface area contributed by atoms with Gasteiger partial charge in [-0.25, -0.2) is 4.98 Å². The largest absolute Gasteiger partial charge is 0.351 e. The Morgan fingerprint density at radius 1 is 0.857 bits per heavy atom. The van der Waals surface area contributed by atoms with Crippen molar-refractivity contribution in [2.45, 2.75) is 19.9 Å². The number of piperazine rings is 1. The van der Waals surface area contributed by atoms with Gasteiger partial charge in [0.1, 0.15) is 5.82 Å². The van der Waals surface area contributed by atoms with Crippen molar-refractivity contribution in [2.75, 3.05) is 31.1 Å². The summed E-state index contributed by atoms with van der Waals surface area (Å²) in [5.41, 5.74) is 4.30. The van der Waals surface area contributed by atoms with Crippen LogP contribution >= 0.6 is 0 Å². The van der Waals surface area contributed by atoms with Crippen molar-refractivity contribution in [1.82, 2.24) is 24.5 Å². The van der Waals surface area contributed by atoms with Gasteiger partial charge in [-0.05, 0) is 17.7 Å². The second kappa shape index (κ2) is 7.20. The highest BCUT2D eigenvalue weighted by atomic mass is 15.3. The minimum absolute atomic E-state index is 0.847. The number of benzene rings is 2. The van der Waals surface area contributed by atoms with Crippen molar-refractivity contribution in [3.05, 3.63) is 66.0 Å². The molecule has 0 N–H and O–H groups in total. The first kappa shape index (κ1) is 17.1.